The van der Waals surface area contributed by atoms with Crippen molar-refractivity contribution in [1.82, 2.24) is 9.78 Å². The van der Waals surface area contributed by atoms with Crippen LogP contribution in [0.4, 0.5) is 5.69 Å². The highest BCUT2D eigenvalue weighted by atomic mass is 32.2. The van der Waals surface area contributed by atoms with E-state index in [1.165, 1.54) is 0 Å². The molecule has 136 valence electrons. The molecule has 5 nitrogen and oxygen atoms in total. The van der Waals surface area contributed by atoms with Crippen molar-refractivity contribution in [2.75, 3.05) is 4.72 Å². The van der Waals surface area contributed by atoms with E-state index < -0.39 is 10.0 Å². The van der Waals surface area contributed by atoms with Gasteiger partial charge in [-0.15, -0.1) is 0 Å². The van der Waals surface area contributed by atoms with Gasteiger partial charge < -0.3 is 0 Å². The summed E-state index contributed by atoms with van der Waals surface area (Å²) in [6, 6.07) is 13.5. The van der Waals surface area contributed by atoms with Gasteiger partial charge in [0.1, 0.15) is 4.90 Å². The molecule has 0 aliphatic heterocycles. The van der Waals surface area contributed by atoms with Crippen molar-refractivity contribution in [2.24, 2.45) is 0 Å². The molecule has 26 heavy (non-hydrogen) atoms. The van der Waals surface area contributed by atoms with Crippen molar-refractivity contribution in [3.63, 3.8) is 0 Å². The van der Waals surface area contributed by atoms with Crippen LogP contribution >= 0.6 is 0 Å². The highest BCUT2D eigenvalue weighted by molar-refractivity contribution is 7.92. The average molecular weight is 369 g/mol. The minimum absolute atomic E-state index is 0.220. The predicted octanol–water partition coefficient (Wildman–Crippen LogP) is 4.22. The van der Waals surface area contributed by atoms with Gasteiger partial charge in [0.15, 0.2) is 0 Å². The second kappa shape index (κ2) is 6.61. The van der Waals surface area contributed by atoms with E-state index in [1.807, 2.05) is 63.2 Å². The van der Waals surface area contributed by atoms with E-state index in [1.54, 1.807) is 18.5 Å². The van der Waals surface area contributed by atoms with Gasteiger partial charge >= 0.3 is 0 Å². The predicted molar refractivity (Wildman–Crippen MR) is 104 cm³/mol. The molecule has 1 aromatic heterocycles. The molecule has 0 saturated heterocycles. The first-order valence-electron chi connectivity index (χ1n) is 8.42. The molecule has 0 radical (unpaired) electrons. The Kier molecular flexibility index (Phi) is 4.63. The molecule has 2 aromatic carbocycles. The van der Waals surface area contributed by atoms with Crippen molar-refractivity contribution in [3.05, 3.63) is 70.5 Å². The SMILES string of the molecule is Cc1ccc(-n2nc(C)c(S(=O)(=O)Nc3cc(C)cc(C)c3)c2C)cc1. The molecule has 0 unspecified atom stereocenters. The lowest BCUT2D eigenvalue weighted by molar-refractivity contribution is 0.600. The largest absolute Gasteiger partial charge is 0.280 e. The Labute approximate surface area is 154 Å². The summed E-state index contributed by atoms with van der Waals surface area (Å²) >= 11 is 0. The van der Waals surface area contributed by atoms with Crippen LogP contribution in [-0.2, 0) is 10.0 Å². The standard InChI is InChI=1S/C20H23N3O2S/c1-13-6-8-19(9-7-13)23-17(5)20(16(4)21-23)26(24,25)22-18-11-14(2)10-15(3)12-18/h6-12,22H,1-5H3. The summed E-state index contributed by atoms with van der Waals surface area (Å²) in [7, 11) is -3.74. The van der Waals surface area contributed by atoms with Gasteiger partial charge in [0.05, 0.1) is 17.1 Å². The molecule has 0 bridgehead atoms. The minimum Gasteiger partial charge on any atom is -0.280 e. The maximum absolute atomic E-state index is 13.0. The summed E-state index contributed by atoms with van der Waals surface area (Å²) in [6.07, 6.45) is 0. The summed E-state index contributed by atoms with van der Waals surface area (Å²) in [4.78, 5) is 0.220. The van der Waals surface area contributed by atoms with E-state index in [2.05, 4.69) is 9.82 Å². The average Bonchev–Trinajstić information content (AvgIpc) is 2.82. The summed E-state index contributed by atoms with van der Waals surface area (Å²) in [5.41, 5.74) is 5.61. The number of benzene rings is 2. The van der Waals surface area contributed by atoms with Gasteiger partial charge in [0.25, 0.3) is 10.0 Å². The number of rotatable bonds is 4. The normalized spacial score (nSPS) is 11.6. The van der Waals surface area contributed by atoms with Crippen LogP contribution < -0.4 is 4.72 Å². The van der Waals surface area contributed by atoms with Crippen LogP contribution in [0, 0.1) is 34.6 Å². The summed E-state index contributed by atoms with van der Waals surface area (Å²) < 4.78 is 30.4. The smallest absolute Gasteiger partial charge is 0.265 e. The second-order valence-electron chi connectivity index (χ2n) is 6.73. The topological polar surface area (TPSA) is 64.0 Å². The third kappa shape index (κ3) is 3.51. The van der Waals surface area contributed by atoms with Crippen molar-refractivity contribution < 1.29 is 8.42 Å². The van der Waals surface area contributed by atoms with Crippen LogP contribution in [0.1, 0.15) is 28.1 Å². The van der Waals surface area contributed by atoms with Crippen LogP contribution in [0.15, 0.2) is 47.4 Å². The maximum atomic E-state index is 13.0. The Morgan fingerprint density at radius 2 is 1.42 bits per heavy atom. The first-order valence-corrected chi connectivity index (χ1v) is 9.90. The van der Waals surface area contributed by atoms with Gasteiger partial charge in [-0.2, -0.15) is 5.10 Å². The molecule has 3 rings (SSSR count). The van der Waals surface area contributed by atoms with E-state index in [0.29, 0.717) is 17.1 Å². The van der Waals surface area contributed by atoms with Crippen molar-refractivity contribution >= 4 is 15.7 Å². The van der Waals surface area contributed by atoms with E-state index >= 15 is 0 Å². The number of anilines is 1. The minimum atomic E-state index is -3.74. The number of hydrogen-bond acceptors (Lipinski definition) is 3. The molecular formula is C20H23N3O2S. The first kappa shape index (κ1) is 18.2. The van der Waals surface area contributed by atoms with Crippen LogP contribution in [0.5, 0.6) is 0 Å². The van der Waals surface area contributed by atoms with Gasteiger partial charge in [-0.3, -0.25) is 4.72 Å². The molecule has 0 atom stereocenters. The van der Waals surface area contributed by atoms with Gasteiger partial charge in [-0.1, -0.05) is 23.8 Å². The molecule has 0 amide bonds. The molecule has 6 heteroatoms. The van der Waals surface area contributed by atoms with E-state index in [-0.39, 0.29) is 4.90 Å². The van der Waals surface area contributed by atoms with Crippen molar-refractivity contribution in [3.8, 4) is 5.69 Å². The van der Waals surface area contributed by atoms with Crippen LogP contribution in [0.3, 0.4) is 0 Å². The number of hydrogen-bond donors (Lipinski definition) is 1. The molecular weight excluding hydrogens is 346 g/mol. The van der Waals surface area contributed by atoms with Gasteiger partial charge in [-0.05, 0) is 70.0 Å². The van der Waals surface area contributed by atoms with Gasteiger partial charge in [0, 0.05) is 5.69 Å². The number of nitrogens with one attached hydrogen (secondary N) is 1. The Hall–Kier alpha value is -2.60. The zero-order valence-corrected chi connectivity index (χ0v) is 16.5. The zero-order valence-electron chi connectivity index (χ0n) is 15.7. The summed E-state index contributed by atoms with van der Waals surface area (Å²) in [5, 5.41) is 4.45. The second-order valence-corrected chi connectivity index (χ2v) is 8.35. The van der Waals surface area contributed by atoms with Crippen LogP contribution in [0.25, 0.3) is 5.69 Å². The molecule has 3 aromatic rings. The Balaban J connectivity index is 2.04. The fraction of sp³-hybridized carbons (Fsp3) is 0.250. The third-order valence-electron chi connectivity index (χ3n) is 4.25. The molecule has 0 aliphatic rings. The quantitative estimate of drug-likeness (QED) is 0.749. The number of aryl methyl sites for hydroxylation is 4. The van der Waals surface area contributed by atoms with Crippen molar-refractivity contribution in [2.45, 2.75) is 39.5 Å². The zero-order chi connectivity index (χ0) is 19.1. The Bertz CT molecular complexity index is 1040. The summed E-state index contributed by atoms with van der Waals surface area (Å²) in [6.45, 7) is 9.38. The number of nitrogens with zero attached hydrogens (tertiary/aromatic N) is 2. The molecule has 0 aliphatic carbocycles. The van der Waals surface area contributed by atoms with Crippen LogP contribution in [0.2, 0.25) is 0 Å². The summed E-state index contributed by atoms with van der Waals surface area (Å²) in [5.74, 6) is 0. The number of sulfonamides is 1. The Morgan fingerprint density at radius 1 is 0.846 bits per heavy atom. The fourth-order valence-corrected chi connectivity index (χ4v) is 4.63. The maximum Gasteiger partial charge on any atom is 0.265 e. The van der Waals surface area contributed by atoms with Gasteiger partial charge in [-0.25, -0.2) is 13.1 Å². The fourth-order valence-electron chi connectivity index (χ4n) is 3.19. The van der Waals surface area contributed by atoms with E-state index in [9.17, 15) is 8.42 Å². The lowest BCUT2D eigenvalue weighted by Gasteiger charge is -2.11. The lowest BCUT2D eigenvalue weighted by atomic mass is 10.1. The first-order chi connectivity index (χ1) is 12.2. The lowest BCUT2D eigenvalue weighted by Crippen LogP contribution is -2.15. The third-order valence-corrected chi connectivity index (χ3v) is 5.88. The molecule has 1 N–H and O–H groups in total. The van der Waals surface area contributed by atoms with E-state index in [0.717, 1.165) is 22.4 Å². The van der Waals surface area contributed by atoms with Crippen molar-refractivity contribution in [1.29, 1.82) is 0 Å². The Morgan fingerprint density at radius 3 is 2.00 bits per heavy atom. The van der Waals surface area contributed by atoms with Gasteiger partial charge in [0.2, 0.25) is 0 Å². The highest BCUT2D eigenvalue weighted by Crippen LogP contribution is 2.25. The number of aromatic nitrogens is 2. The molecule has 1 heterocycles. The monoisotopic (exact) mass is 369 g/mol. The molecule has 0 spiro atoms. The van der Waals surface area contributed by atoms with E-state index in [4.69, 9.17) is 0 Å². The molecule has 0 saturated carbocycles. The molecule has 0 fully saturated rings. The highest BCUT2D eigenvalue weighted by Gasteiger charge is 2.25. The van der Waals surface area contributed by atoms with Crippen LogP contribution in [-0.4, -0.2) is 18.2 Å².